The average molecular weight is 306 g/mol. The minimum Gasteiger partial charge on any atom is -0.357 e. The largest absolute Gasteiger partial charge is 0.357 e. The van der Waals surface area contributed by atoms with Crippen LogP contribution in [0.1, 0.15) is 31.2 Å². The molecule has 0 N–H and O–H groups in total. The van der Waals surface area contributed by atoms with Gasteiger partial charge >= 0.3 is 0 Å². The number of halogens is 1. The summed E-state index contributed by atoms with van der Waals surface area (Å²) >= 11 is 5.90. The molecule has 0 saturated carbocycles. The Morgan fingerprint density at radius 3 is 2.67 bits per heavy atom. The van der Waals surface area contributed by atoms with Crippen molar-refractivity contribution in [2.24, 2.45) is 0 Å². The highest BCUT2D eigenvalue weighted by molar-refractivity contribution is 6.30. The standard InChI is InChI=1S/C17H20ClNO2/c1-21-17-15-5-3-2-4-14(15)16(20)19(17)11-10-12-6-8-13(18)9-7-12/h6-9,17H,2-5,10-11H2,1H3. The van der Waals surface area contributed by atoms with Crippen LogP contribution in [0.15, 0.2) is 35.4 Å². The van der Waals surface area contributed by atoms with E-state index < -0.39 is 0 Å². The Kier molecular flexibility index (Phi) is 4.32. The molecule has 112 valence electrons. The third kappa shape index (κ3) is 2.85. The smallest absolute Gasteiger partial charge is 0.252 e. The van der Waals surface area contributed by atoms with Crippen molar-refractivity contribution < 1.29 is 9.53 Å². The second-order valence-corrected chi connectivity index (χ2v) is 6.11. The number of rotatable bonds is 4. The fraction of sp³-hybridized carbons (Fsp3) is 0.471. The van der Waals surface area contributed by atoms with Gasteiger partial charge in [-0.15, -0.1) is 0 Å². The average Bonchev–Trinajstić information content (AvgIpc) is 2.79. The maximum atomic E-state index is 12.6. The van der Waals surface area contributed by atoms with Crippen molar-refractivity contribution in [2.75, 3.05) is 13.7 Å². The molecule has 1 amide bonds. The Hall–Kier alpha value is -1.32. The van der Waals surface area contributed by atoms with E-state index >= 15 is 0 Å². The number of benzene rings is 1. The predicted octanol–water partition coefficient (Wildman–Crippen LogP) is 3.57. The number of hydrogen-bond acceptors (Lipinski definition) is 2. The lowest BCUT2D eigenvalue weighted by molar-refractivity contribution is -0.133. The SMILES string of the molecule is COC1C2=C(CCCC2)C(=O)N1CCc1ccc(Cl)cc1. The molecule has 1 aliphatic carbocycles. The first-order chi connectivity index (χ1) is 10.2. The van der Waals surface area contributed by atoms with Gasteiger partial charge < -0.3 is 9.64 Å². The maximum Gasteiger partial charge on any atom is 0.252 e. The minimum absolute atomic E-state index is 0.153. The van der Waals surface area contributed by atoms with Gasteiger partial charge in [0.05, 0.1) is 0 Å². The van der Waals surface area contributed by atoms with E-state index in [4.69, 9.17) is 16.3 Å². The summed E-state index contributed by atoms with van der Waals surface area (Å²) in [5.41, 5.74) is 3.40. The molecule has 0 saturated heterocycles. The zero-order chi connectivity index (χ0) is 14.8. The fourth-order valence-electron chi connectivity index (χ4n) is 3.30. The summed E-state index contributed by atoms with van der Waals surface area (Å²) in [5, 5.41) is 0.739. The van der Waals surface area contributed by atoms with Crippen LogP contribution in [0, 0.1) is 0 Å². The van der Waals surface area contributed by atoms with Crippen molar-refractivity contribution in [3.8, 4) is 0 Å². The summed E-state index contributed by atoms with van der Waals surface area (Å²) in [4.78, 5) is 14.4. The van der Waals surface area contributed by atoms with Crippen LogP contribution >= 0.6 is 11.6 Å². The quantitative estimate of drug-likeness (QED) is 0.851. The number of nitrogens with zero attached hydrogens (tertiary/aromatic N) is 1. The van der Waals surface area contributed by atoms with Gasteiger partial charge in [-0.3, -0.25) is 4.79 Å². The number of ether oxygens (including phenoxy) is 1. The van der Waals surface area contributed by atoms with E-state index in [9.17, 15) is 4.79 Å². The summed E-state index contributed by atoms with van der Waals surface area (Å²) in [7, 11) is 1.69. The summed E-state index contributed by atoms with van der Waals surface area (Å²) in [6, 6.07) is 7.80. The third-order valence-corrected chi connectivity index (χ3v) is 4.64. The van der Waals surface area contributed by atoms with Gasteiger partial charge in [0.15, 0.2) is 6.23 Å². The van der Waals surface area contributed by atoms with Gasteiger partial charge in [-0.1, -0.05) is 23.7 Å². The molecule has 1 aliphatic heterocycles. The van der Waals surface area contributed by atoms with Gasteiger partial charge in [-0.25, -0.2) is 0 Å². The molecule has 2 aliphatic rings. The second kappa shape index (κ2) is 6.20. The molecule has 0 bridgehead atoms. The minimum atomic E-state index is -0.153. The Balaban J connectivity index is 1.70. The van der Waals surface area contributed by atoms with E-state index in [1.165, 1.54) is 11.1 Å². The first-order valence-corrected chi connectivity index (χ1v) is 7.88. The van der Waals surface area contributed by atoms with Crippen LogP contribution in [-0.4, -0.2) is 30.7 Å². The van der Waals surface area contributed by atoms with Crippen molar-refractivity contribution in [1.29, 1.82) is 0 Å². The molecule has 1 heterocycles. The third-order valence-electron chi connectivity index (χ3n) is 4.39. The van der Waals surface area contributed by atoms with Crippen LogP contribution in [0.2, 0.25) is 5.02 Å². The van der Waals surface area contributed by atoms with Gasteiger partial charge in [-0.2, -0.15) is 0 Å². The second-order valence-electron chi connectivity index (χ2n) is 5.67. The zero-order valence-corrected chi connectivity index (χ0v) is 13.0. The van der Waals surface area contributed by atoms with E-state index in [0.717, 1.165) is 42.7 Å². The lowest BCUT2D eigenvalue weighted by Gasteiger charge is -2.26. The maximum absolute atomic E-state index is 12.6. The number of amides is 1. The van der Waals surface area contributed by atoms with Crippen molar-refractivity contribution >= 4 is 17.5 Å². The van der Waals surface area contributed by atoms with Crippen LogP contribution in [0.5, 0.6) is 0 Å². The van der Waals surface area contributed by atoms with Gasteiger partial charge in [-0.05, 0) is 55.4 Å². The lowest BCUT2D eigenvalue weighted by Crippen LogP contribution is -2.38. The summed E-state index contributed by atoms with van der Waals surface area (Å²) in [6.45, 7) is 0.686. The topological polar surface area (TPSA) is 29.5 Å². The zero-order valence-electron chi connectivity index (χ0n) is 12.3. The first kappa shape index (κ1) is 14.6. The van der Waals surface area contributed by atoms with Crippen molar-refractivity contribution in [1.82, 2.24) is 4.90 Å². The molecule has 0 radical (unpaired) electrons. The molecule has 3 nitrogen and oxygen atoms in total. The number of carbonyl (C=O) groups is 1. The number of carbonyl (C=O) groups excluding carboxylic acids is 1. The van der Waals surface area contributed by atoms with E-state index in [1.807, 2.05) is 29.2 Å². The summed E-state index contributed by atoms with van der Waals surface area (Å²) < 4.78 is 5.60. The van der Waals surface area contributed by atoms with Crippen LogP contribution in [0.4, 0.5) is 0 Å². The predicted molar refractivity (Wildman–Crippen MR) is 83.2 cm³/mol. The van der Waals surface area contributed by atoms with Gasteiger partial charge in [0, 0.05) is 24.3 Å². The fourth-order valence-corrected chi connectivity index (χ4v) is 3.43. The highest BCUT2D eigenvalue weighted by Gasteiger charge is 2.39. The van der Waals surface area contributed by atoms with E-state index in [1.54, 1.807) is 7.11 Å². The molecular weight excluding hydrogens is 286 g/mol. The van der Waals surface area contributed by atoms with E-state index in [-0.39, 0.29) is 12.1 Å². The molecule has 1 atom stereocenters. The van der Waals surface area contributed by atoms with Gasteiger partial charge in [0.1, 0.15) is 0 Å². The summed E-state index contributed by atoms with van der Waals surface area (Å²) in [6.07, 6.45) is 4.86. The van der Waals surface area contributed by atoms with Gasteiger partial charge in [0.2, 0.25) is 0 Å². The van der Waals surface area contributed by atoms with Gasteiger partial charge in [0.25, 0.3) is 5.91 Å². The highest BCUT2D eigenvalue weighted by Crippen LogP contribution is 2.36. The molecule has 0 aromatic heterocycles. The van der Waals surface area contributed by atoms with Crippen molar-refractivity contribution in [2.45, 2.75) is 38.3 Å². The molecule has 1 aromatic rings. The molecule has 1 unspecified atom stereocenters. The molecule has 3 rings (SSSR count). The van der Waals surface area contributed by atoms with Crippen LogP contribution < -0.4 is 0 Å². The van der Waals surface area contributed by atoms with E-state index in [2.05, 4.69) is 0 Å². The molecule has 0 spiro atoms. The van der Waals surface area contributed by atoms with Crippen molar-refractivity contribution in [3.05, 3.63) is 46.0 Å². The normalized spacial score (nSPS) is 21.9. The Morgan fingerprint density at radius 1 is 1.24 bits per heavy atom. The molecule has 1 aromatic carbocycles. The Morgan fingerprint density at radius 2 is 1.95 bits per heavy atom. The summed E-state index contributed by atoms with van der Waals surface area (Å²) in [5.74, 6) is 0.172. The lowest BCUT2D eigenvalue weighted by atomic mass is 9.93. The molecule has 21 heavy (non-hydrogen) atoms. The Bertz CT molecular complexity index is 565. The van der Waals surface area contributed by atoms with E-state index in [0.29, 0.717) is 6.54 Å². The molecule has 0 fully saturated rings. The van der Waals surface area contributed by atoms with Crippen molar-refractivity contribution in [3.63, 3.8) is 0 Å². The molecule has 4 heteroatoms. The highest BCUT2D eigenvalue weighted by atomic mass is 35.5. The van der Waals surface area contributed by atoms with Crippen LogP contribution in [0.25, 0.3) is 0 Å². The van der Waals surface area contributed by atoms with Crippen LogP contribution in [-0.2, 0) is 16.0 Å². The number of hydrogen-bond donors (Lipinski definition) is 0. The first-order valence-electron chi connectivity index (χ1n) is 7.51. The molecular formula is C17H20ClNO2. The number of methoxy groups -OCH3 is 1. The monoisotopic (exact) mass is 305 g/mol. The van der Waals surface area contributed by atoms with Crippen LogP contribution in [0.3, 0.4) is 0 Å². The Labute approximate surface area is 130 Å².